The summed E-state index contributed by atoms with van der Waals surface area (Å²) >= 11 is 3.56. The zero-order valence-corrected chi connectivity index (χ0v) is 11.1. The first-order chi connectivity index (χ1) is 8.36. The number of nitrogens with zero attached hydrogens (tertiary/aromatic N) is 3. The van der Waals surface area contributed by atoms with Crippen LogP contribution in [0.25, 0.3) is 16.2 Å². The topological polar surface area (TPSA) is 30.2 Å². The quantitative estimate of drug-likeness (QED) is 0.673. The van der Waals surface area contributed by atoms with E-state index in [1.165, 1.54) is 21.1 Å². The third-order valence-corrected chi connectivity index (χ3v) is 5.26. The first kappa shape index (κ1) is 9.79. The second-order valence-electron chi connectivity index (χ2n) is 4.21. The van der Waals surface area contributed by atoms with E-state index < -0.39 is 0 Å². The largest absolute Gasteiger partial charge is 0.217 e. The van der Waals surface area contributed by atoms with E-state index in [2.05, 4.69) is 28.0 Å². The van der Waals surface area contributed by atoms with Gasteiger partial charge in [0.2, 0.25) is 4.96 Å². The lowest BCUT2D eigenvalue weighted by atomic mass is 10.0. The summed E-state index contributed by atoms with van der Waals surface area (Å²) in [5, 5.41) is 7.98. The van der Waals surface area contributed by atoms with E-state index in [0.717, 1.165) is 29.9 Å². The zero-order valence-electron chi connectivity index (χ0n) is 9.43. The van der Waals surface area contributed by atoms with Gasteiger partial charge in [-0.2, -0.15) is 5.10 Å². The van der Waals surface area contributed by atoms with E-state index in [1.54, 1.807) is 11.3 Å². The van der Waals surface area contributed by atoms with Crippen LogP contribution < -0.4 is 0 Å². The number of hydrogen-bond donors (Lipinski definition) is 0. The van der Waals surface area contributed by atoms with Crippen molar-refractivity contribution in [2.24, 2.45) is 0 Å². The molecule has 0 saturated carbocycles. The molecule has 0 N–H and O–H groups in total. The van der Waals surface area contributed by atoms with Gasteiger partial charge < -0.3 is 0 Å². The second-order valence-corrected chi connectivity index (χ2v) is 6.25. The standard InChI is InChI=1S/C12H11N3S2/c1-2-10-14-15-8-3-4-9-7(5-6-16-9)11(8)13-12(15)17-10/h5-6H,2-4H2,1H3. The Labute approximate surface area is 107 Å². The molecule has 0 saturated heterocycles. The van der Waals surface area contributed by atoms with Crippen LogP contribution in [-0.4, -0.2) is 14.6 Å². The molecule has 3 nitrogen and oxygen atoms in total. The minimum Gasteiger partial charge on any atom is -0.217 e. The number of aryl methyl sites for hydroxylation is 3. The highest BCUT2D eigenvalue weighted by molar-refractivity contribution is 7.16. The zero-order chi connectivity index (χ0) is 11.4. The van der Waals surface area contributed by atoms with Gasteiger partial charge in [0.15, 0.2) is 0 Å². The van der Waals surface area contributed by atoms with Crippen molar-refractivity contribution in [3.8, 4) is 11.3 Å². The summed E-state index contributed by atoms with van der Waals surface area (Å²) in [6.07, 6.45) is 3.19. The van der Waals surface area contributed by atoms with Gasteiger partial charge in [0.25, 0.3) is 0 Å². The summed E-state index contributed by atoms with van der Waals surface area (Å²) in [4.78, 5) is 7.28. The van der Waals surface area contributed by atoms with Crippen LogP contribution in [0.4, 0.5) is 0 Å². The summed E-state index contributed by atoms with van der Waals surface area (Å²) in [5.74, 6) is 0. The van der Waals surface area contributed by atoms with E-state index in [0.29, 0.717) is 0 Å². The minimum absolute atomic E-state index is 0.993. The van der Waals surface area contributed by atoms with Crippen molar-refractivity contribution in [2.75, 3.05) is 0 Å². The Morgan fingerprint density at radius 2 is 2.35 bits per heavy atom. The van der Waals surface area contributed by atoms with Gasteiger partial charge in [0.05, 0.1) is 11.4 Å². The maximum Gasteiger partial charge on any atom is 0.212 e. The molecule has 4 rings (SSSR count). The molecule has 0 bridgehead atoms. The molecule has 3 aromatic heterocycles. The molecule has 0 aliphatic heterocycles. The van der Waals surface area contributed by atoms with Gasteiger partial charge in [0, 0.05) is 10.4 Å². The molecule has 0 amide bonds. The highest BCUT2D eigenvalue weighted by atomic mass is 32.1. The lowest BCUT2D eigenvalue weighted by Crippen LogP contribution is -2.04. The van der Waals surface area contributed by atoms with Crippen molar-refractivity contribution in [2.45, 2.75) is 26.2 Å². The molecule has 3 heterocycles. The second kappa shape index (κ2) is 3.40. The van der Waals surface area contributed by atoms with Crippen molar-refractivity contribution < 1.29 is 0 Å². The molecule has 0 spiro atoms. The van der Waals surface area contributed by atoms with E-state index in [1.807, 2.05) is 11.3 Å². The molecular formula is C12H11N3S2. The van der Waals surface area contributed by atoms with Gasteiger partial charge in [-0.1, -0.05) is 18.3 Å². The van der Waals surface area contributed by atoms with Gasteiger partial charge in [-0.15, -0.1) is 11.3 Å². The number of rotatable bonds is 1. The third kappa shape index (κ3) is 1.26. The first-order valence-corrected chi connectivity index (χ1v) is 7.50. The molecule has 0 aromatic carbocycles. The molecule has 0 fully saturated rings. The Balaban J connectivity index is 2.02. The summed E-state index contributed by atoms with van der Waals surface area (Å²) in [5.41, 5.74) is 3.78. The number of fused-ring (bicyclic) bond motifs is 5. The SMILES string of the molecule is CCc1nn2c3c(nc2s1)-c1ccsc1CC3. The molecule has 0 radical (unpaired) electrons. The Bertz CT molecular complexity index is 705. The van der Waals surface area contributed by atoms with E-state index in [4.69, 9.17) is 4.98 Å². The summed E-state index contributed by atoms with van der Waals surface area (Å²) in [6, 6.07) is 2.19. The Morgan fingerprint density at radius 1 is 1.41 bits per heavy atom. The van der Waals surface area contributed by atoms with Gasteiger partial charge in [-0.05, 0) is 30.7 Å². The lowest BCUT2D eigenvalue weighted by molar-refractivity contribution is 0.813. The van der Waals surface area contributed by atoms with Crippen molar-refractivity contribution >= 4 is 27.6 Å². The molecule has 5 heteroatoms. The van der Waals surface area contributed by atoms with Gasteiger partial charge in [-0.25, -0.2) is 9.50 Å². The van der Waals surface area contributed by atoms with E-state index in [9.17, 15) is 0 Å². The van der Waals surface area contributed by atoms with Crippen molar-refractivity contribution in [3.63, 3.8) is 0 Å². The molecule has 0 unspecified atom stereocenters. The third-order valence-electron chi connectivity index (χ3n) is 3.23. The number of thiophene rings is 1. The highest BCUT2D eigenvalue weighted by Crippen LogP contribution is 2.37. The van der Waals surface area contributed by atoms with Gasteiger partial charge >= 0.3 is 0 Å². The fourth-order valence-corrected chi connectivity index (χ4v) is 4.12. The Hall–Kier alpha value is -1.20. The normalized spacial score (nSPS) is 13.9. The van der Waals surface area contributed by atoms with Crippen LogP contribution in [0.3, 0.4) is 0 Å². The van der Waals surface area contributed by atoms with Gasteiger partial charge in [0.1, 0.15) is 5.01 Å². The fourth-order valence-electron chi connectivity index (χ4n) is 2.39. The molecule has 17 heavy (non-hydrogen) atoms. The highest BCUT2D eigenvalue weighted by Gasteiger charge is 2.24. The van der Waals surface area contributed by atoms with Crippen LogP contribution >= 0.6 is 22.7 Å². The first-order valence-electron chi connectivity index (χ1n) is 5.81. The van der Waals surface area contributed by atoms with Crippen LogP contribution in [-0.2, 0) is 19.3 Å². The smallest absolute Gasteiger partial charge is 0.212 e. The van der Waals surface area contributed by atoms with Crippen molar-refractivity contribution in [1.29, 1.82) is 0 Å². The molecule has 0 atom stereocenters. The number of aromatic nitrogens is 3. The molecular weight excluding hydrogens is 250 g/mol. The molecule has 1 aliphatic carbocycles. The number of imidazole rings is 1. The molecule has 3 aromatic rings. The van der Waals surface area contributed by atoms with Crippen LogP contribution in [0.5, 0.6) is 0 Å². The Morgan fingerprint density at radius 3 is 3.24 bits per heavy atom. The molecule has 86 valence electrons. The van der Waals surface area contributed by atoms with Crippen molar-refractivity contribution in [1.82, 2.24) is 14.6 Å². The number of hydrogen-bond acceptors (Lipinski definition) is 4. The maximum absolute atomic E-state index is 4.76. The fraction of sp³-hybridized carbons (Fsp3) is 0.333. The van der Waals surface area contributed by atoms with Gasteiger partial charge in [-0.3, -0.25) is 0 Å². The van der Waals surface area contributed by atoms with E-state index in [-0.39, 0.29) is 0 Å². The molecule has 1 aliphatic rings. The predicted octanol–water partition coefficient (Wildman–Crippen LogP) is 3.18. The predicted molar refractivity (Wildman–Crippen MR) is 71.0 cm³/mol. The van der Waals surface area contributed by atoms with E-state index >= 15 is 0 Å². The van der Waals surface area contributed by atoms with Crippen LogP contribution in [0, 0.1) is 0 Å². The average Bonchev–Trinajstić information content (AvgIpc) is 3.00. The maximum atomic E-state index is 4.76. The summed E-state index contributed by atoms with van der Waals surface area (Å²) < 4.78 is 2.06. The lowest BCUT2D eigenvalue weighted by Gasteiger charge is -2.10. The van der Waals surface area contributed by atoms with Crippen LogP contribution in [0.1, 0.15) is 22.5 Å². The van der Waals surface area contributed by atoms with Crippen LogP contribution in [0.2, 0.25) is 0 Å². The average molecular weight is 261 g/mol. The summed E-state index contributed by atoms with van der Waals surface area (Å²) in [7, 11) is 0. The minimum atomic E-state index is 0.993. The monoisotopic (exact) mass is 261 g/mol. The van der Waals surface area contributed by atoms with Crippen molar-refractivity contribution in [3.05, 3.63) is 27.0 Å². The van der Waals surface area contributed by atoms with Crippen LogP contribution in [0.15, 0.2) is 11.4 Å². The summed E-state index contributed by atoms with van der Waals surface area (Å²) in [6.45, 7) is 2.14. The Kier molecular flexibility index (Phi) is 1.96.